The summed E-state index contributed by atoms with van der Waals surface area (Å²) in [6, 6.07) is 9.45. The fourth-order valence-corrected chi connectivity index (χ4v) is 2.24. The molecule has 0 saturated carbocycles. The van der Waals surface area contributed by atoms with E-state index >= 15 is 0 Å². The highest BCUT2D eigenvalue weighted by Crippen LogP contribution is 2.28. The first-order valence-corrected chi connectivity index (χ1v) is 7.55. The van der Waals surface area contributed by atoms with E-state index in [9.17, 15) is 0 Å². The molecule has 19 heavy (non-hydrogen) atoms. The van der Waals surface area contributed by atoms with Gasteiger partial charge in [0.25, 0.3) is 0 Å². The number of benzene rings is 1. The van der Waals surface area contributed by atoms with Crippen LogP contribution in [0.2, 0.25) is 5.02 Å². The van der Waals surface area contributed by atoms with Gasteiger partial charge in [-0.3, -0.25) is 0 Å². The predicted molar refractivity (Wildman–Crippen MR) is 86.0 cm³/mol. The van der Waals surface area contributed by atoms with Crippen molar-refractivity contribution >= 4 is 39.9 Å². The van der Waals surface area contributed by atoms with E-state index in [0.717, 1.165) is 27.4 Å². The maximum Gasteiger partial charge on any atom is 0.164 e. The Kier molecular flexibility index (Phi) is 5.39. The number of rotatable bonds is 6. The molecule has 0 atom stereocenters. The lowest BCUT2D eigenvalue weighted by Gasteiger charge is -2.12. The molecule has 0 amide bonds. The van der Waals surface area contributed by atoms with Gasteiger partial charge in [-0.15, -0.1) is 0 Å². The summed E-state index contributed by atoms with van der Waals surface area (Å²) in [6.45, 7) is 3.37. The van der Waals surface area contributed by atoms with Crippen LogP contribution in [0.4, 0.5) is 5.69 Å². The standard InChI is InChI=1S/C14H15ClINO2/c1-2-7-18-13-5-3-10(15)8-12(13)17-9-11-4-6-14(16)19-11/h3-6,8,17H,2,7,9H2,1H3. The zero-order valence-corrected chi connectivity index (χ0v) is 13.5. The van der Waals surface area contributed by atoms with E-state index in [0.29, 0.717) is 18.2 Å². The molecule has 0 saturated heterocycles. The molecule has 1 N–H and O–H groups in total. The molecule has 102 valence electrons. The normalized spacial score (nSPS) is 10.5. The Morgan fingerprint density at radius 1 is 1.32 bits per heavy atom. The molecule has 1 aromatic heterocycles. The molecule has 1 aromatic carbocycles. The summed E-state index contributed by atoms with van der Waals surface area (Å²) in [6.07, 6.45) is 0.971. The quantitative estimate of drug-likeness (QED) is 0.708. The molecular weight excluding hydrogens is 377 g/mol. The predicted octanol–water partition coefficient (Wildman–Crippen LogP) is 4.94. The molecule has 5 heteroatoms. The van der Waals surface area contributed by atoms with Gasteiger partial charge < -0.3 is 14.5 Å². The summed E-state index contributed by atoms with van der Waals surface area (Å²) in [5.74, 6) is 1.69. The van der Waals surface area contributed by atoms with Crippen molar-refractivity contribution in [1.82, 2.24) is 0 Å². The highest BCUT2D eigenvalue weighted by molar-refractivity contribution is 14.1. The Morgan fingerprint density at radius 2 is 2.16 bits per heavy atom. The third-order valence-corrected chi connectivity index (χ3v) is 3.30. The van der Waals surface area contributed by atoms with E-state index in [4.69, 9.17) is 20.8 Å². The van der Waals surface area contributed by atoms with Crippen LogP contribution in [0.15, 0.2) is 34.7 Å². The maximum absolute atomic E-state index is 6.02. The van der Waals surface area contributed by atoms with Gasteiger partial charge in [0.2, 0.25) is 0 Å². The van der Waals surface area contributed by atoms with Crippen molar-refractivity contribution in [2.45, 2.75) is 19.9 Å². The number of hydrogen-bond donors (Lipinski definition) is 1. The van der Waals surface area contributed by atoms with Gasteiger partial charge in [-0.25, -0.2) is 0 Å². The van der Waals surface area contributed by atoms with E-state index in [2.05, 4.69) is 34.8 Å². The van der Waals surface area contributed by atoms with Gasteiger partial charge in [0.1, 0.15) is 11.5 Å². The van der Waals surface area contributed by atoms with Crippen molar-refractivity contribution in [2.75, 3.05) is 11.9 Å². The van der Waals surface area contributed by atoms with Gasteiger partial charge in [-0.1, -0.05) is 18.5 Å². The largest absolute Gasteiger partial charge is 0.491 e. The van der Waals surface area contributed by atoms with E-state index in [1.807, 2.05) is 30.3 Å². The van der Waals surface area contributed by atoms with Crippen LogP contribution in [0.1, 0.15) is 19.1 Å². The third kappa shape index (κ3) is 4.31. The molecule has 0 bridgehead atoms. The molecule has 0 aliphatic carbocycles. The molecule has 0 radical (unpaired) electrons. The van der Waals surface area contributed by atoms with E-state index in [1.54, 1.807) is 0 Å². The molecule has 0 spiro atoms. The van der Waals surface area contributed by atoms with Crippen LogP contribution in [-0.2, 0) is 6.54 Å². The number of ether oxygens (including phenoxy) is 1. The maximum atomic E-state index is 6.02. The fraction of sp³-hybridized carbons (Fsp3) is 0.286. The molecule has 0 fully saturated rings. The van der Waals surface area contributed by atoms with Crippen LogP contribution in [-0.4, -0.2) is 6.61 Å². The topological polar surface area (TPSA) is 34.4 Å². The third-order valence-electron chi connectivity index (χ3n) is 2.49. The van der Waals surface area contributed by atoms with Crippen molar-refractivity contribution in [3.63, 3.8) is 0 Å². The van der Waals surface area contributed by atoms with Gasteiger partial charge in [0, 0.05) is 5.02 Å². The minimum absolute atomic E-state index is 0.603. The lowest BCUT2D eigenvalue weighted by molar-refractivity contribution is 0.318. The summed E-state index contributed by atoms with van der Waals surface area (Å²) >= 11 is 8.16. The Balaban J connectivity index is 2.06. The average Bonchev–Trinajstić information content (AvgIpc) is 2.81. The second-order valence-electron chi connectivity index (χ2n) is 4.05. The summed E-state index contributed by atoms with van der Waals surface area (Å²) in [5, 5.41) is 3.97. The van der Waals surface area contributed by atoms with Crippen LogP contribution >= 0.6 is 34.2 Å². The van der Waals surface area contributed by atoms with Crippen LogP contribution < -0.4 is 10.1 Å². The Morgan fingerprint density at radius 3 is 2.84 bits per heavy atom. The highest BCUT2D eigenvalue weighted by atomic mass is 127. The highest BCUT2D eigenvalue weighted by Gasteiger charge is 2.06. The number of hydrogen-bond acceptors (Lipinski definition) is 3. The van der Waals surface area contributed by atoms with Gasteiger partial charge in [0.15, 0.2) is 3.77 Å². The number of anilines is 1. The van der Waals surface area contributed by atoms with Crippen molar-refractivity contribution in [3.8, 4) is 5.75 Å². The molecule has 3 nitrogen and oxygen atoms in total. The van der Waals surface area contributed by atoms with Gasteiger partial charge in [-0.05, 0) is 59.3 Å². The second-order valence-corrected chi connectivity index (χ2v) is 5.55. The Labute approximate surface area is 131 Å². The summed E-state index contributed by atoms with van der Waals surface area (Å²) < 4.78 is 12.1. The Hall–Kier alpha value is -0.880. The molecule has 0 aliphatic rings. The number of halogens is 2. The smallest absolute Gasteiger partial charge is 0.164 e. The zero-order valence-electron chi connectivity index (χ0n) is 10.6. The van der Waals surface area contributed by atoms with Crippen LogP contribution in [0, 0.1) is 3.77 Å². The molecule has 1 heterocycles. The molecule has 2 aromatic rings. The molecule has 2 rings (SSSR count). The van der Waals surface area contributed by atoms with Crippen LogP contribution in [0.5, 0.6) is 5.75 Å². The lowest BCUT2D eigenvalue weighted by atomic mass is 10.3. The van der Waals surface area contributed by atoms with E-state index in [-0.39, 0.29) is 0 Å². The minimum atomic E-state index is 0.603. The number of nitrogens with one attached hydrogen (secondary N) is 1. The van der Waals surface area contributed by atoms with E-state index in [1.165, 1.54) is 0 Å². The average molecular weight is 392 g/mol. The van der Waals surface area contributed by atoms with Crippen molar-refractivity contribution < 1.29 is 9.15 Å². The van der Waals surface area contributed by atoms with E-state index < -0.39 is 0 Å². The van der Waals surface area contributed by atoms with Crippen molar-refractivity contribution in [3.05, 3.63) is 44.9 Å². The monoisotopic (exact) mass is 391 g/mol. The molecule has 0 aliphatic heterocycles. The van der Waals surface area contributed by atoms with Gasteiger partial charge >= 0.3 is 0 Å². The zero-order chi connectivity index (χ0) is 13.7. The Bertz CT molecular complexity index is 542. The van der Waals surface area contributed by atoms with Crippen molar-refractivity contribution in [1.29, 1.82) is 0 Å². The van der Waals surface area contributed by atoms with Crippen LogP contribution in [0.25, 0.3) is 0 Å². The fourth-order valence-electron chi connectivity index (χ4n) is 1.61. The van der Waals surface area contributed by atoms with Crippen molar-refractivity contribution in [2.24, 2.45) is 0 Å². The molecular formula is C14H15ClINO2. The lowest BCUT2D eigenvalue weighted by Crippen LogP contribution is -2.03. The summed E-state index contributed by atoms with van der Waals surface area (Å²) in [4.78, 5) is 0. The first kappa shape index (κ1) is 14.5. The SMILES string of the molecule is CCCOc1ccc(Cl)cc1NCc1ccc(I)o1. The first-order valence-electron chi connectivity index (χ1n) is 6.09. The molecule has 0 unspecified atom stereocenters. The van der Waals surface area contributed by atoms with Gasteiger partial charge in [0.05, 0.1) is 18.8 Å². The second kappa shape index (κ2) is 7.05. The minimum Gasteiger partial charge on any atom is -0.491 e. The van der Waals surface area contributed by atoms with Gasteiger partial charge in [-0.2, -0.15) is 0 Å². The summed E-state index contributed by atoms with van der Waals surface area (Å²) in [7, 11) is 0. The summed E-state index contributed by atoms with van der Waals surface area (Å²) in [5.41, 5.74) is 0.882. The first-order chi connectivity index (χ1) is 9.19. The number of furan rings is 1. The van der Waals surface area contributed by atoms with Crippen LogP contribution in [0.3, 0.4) is 0 Å².